The molecule has 1 aromatic rings. The first-order valence-electron chi connectivity index (χ1n) is 6.16. The van der Waals surface area contributed by atoms with Crippen molar-refractivity contribution in [2.24, 2.45) is 11.1 Å². The molecule has 0 radical (unpaired) electrons. The van der Waals surface area contributed by atoms with E-state index in [1.54, 1.807) is 0 Å². The Morgan fingerprint density at radius 1 is 1.38 bits per heavy atom. The second-order valence-electron chi connectivity index (χ2n) is 5.27. The smallest absolute Gasteiger partial charge is 0.244 e. The highest BCUT2D eigenvalue weighted by Crippen LogP contribution is 2.34. The Kier molecular flexibility index (Phi) is 4.24. The van der Waals surface area contributed by atoms with E-state index in [-0.39, 0.29) is 21.5 Å². The van der Waals surface area contributed by atoms with Crippen LogP contribution < -0.4 is 15.2 Å². The molecule has 0 spiro atoms. The molecule has 0 fully saturated rings. The molecule has 1 aliphatic heterocycles. The summed E-state index contributed by atoms with van der Waals surface area (Å²) in [6.45, 7) is 3.92. The molecule has 7 nitrogen and oxygen atoms in total. The summed E-state index contributed by atoms with van der Waals surface area (Å²) in [5.41, 5.74) is 0.261. The standard InChI is InChI=1S/C11H16ClN3O4S2/c1-6(2)3-11-14-8-4-7(12)9(20(13,16)17)5-10(8)21(18,19)15-11/h4-6,11,14-15H,3H2,1-2H3,(H2,13,16,17)/t11-/m1/s1. The van der Waals surface area contributed by atoms with Crippen LogP contribution in [0.15, 0.2) is 21.9 Å². The zero-order valence-corrected chi connectivity index (χ0v) is 13.8. The Labute approximate surface area is 129 Å². The van der Waals surface area contributed by atoms with Crippen molar-refractivity contribution < 1.29 is 16.8 Å². The van der Waals surface area contributed by atoms with Crippen LogP contribution in [0.1, 0.15) is 20.3 Å². The maximum atomic E-state index is 12.2. The molecule has 0 unspecified atom stereocenters. The number of rotatable bonds is 3. The number of hydrogen-bond acceptors (Lipinski definition) is 5. The topological polar surface area (TPSA) is 118 Å². The van der Waals surface area contributed by atoms with Crippen LogP contribution in [0.25, 0.3) is 0 Å². The Morgan fingerprint density at radius 3 is 2.52 bits per heavy atom. The molecule has 0 aliphatic carbocycles. The lowest BCUT2D eigenvalue weighted by Gasteiger charge is -2.29. The highest BCUT2D eigenvalue weighted by molar-refractivity contribution is 7.90. The lowest BCUT2D eigenvalue weighted by molar-refractivity contribution is 0.483. The molecule has 0 saturated heterocycles. The monoisotopic (exact) mass is 353 g/mol. The summed E-state index contributed by atoms with van der Waals surface area (Å²) in [5.74, 6) is 0.269. The largest absolute Gasteiger partial charge is 0.368 e. The van der Waals surface area contributed by atoms with Gasteiger partial charge in [-0.1, -0.05) is 25.4 Å². The minimum atomic E-state index is -4.10. The van der Waals surface area contributed by atoms with Gasteiger partial charge in [0.1, 0.15) is 9.79 Å². The quantitative estimate of drug-likeness (QED) is 0.750. The number of nitrogens with two attached hydrogens (primary N) is 1. The van der Waals surface area contributed by atoms with Gasteiger partial charge in [-0.3, -0.25) is 0 Å². The van der Waals surface area contributed by atoms with Crippen LogP contribution >= 0.6 is 11.6 Å². The Hall–Kier alpha value is -0.870. The fourth-order valence-corrected chi connectivity index (χ4v) is 4.65. The van der Waals surface area contributed by atoms with Crippen LogP contribution in [0.2, 0.25) is 5.02 Å². The second-order valence-corrected chi connectivity index (χ2v) is 8.89. The van der Waals surface area contributed by atoms with Crippen molar-refractivity contribution >= 4 is 37.3 Å². The molecule has 4 N–H and O–H groups in total. The van der Waals surface area contributed by atoms with Gasteiger partial charge in [0, 0.05) is 0 Å². The van der Waals surface area contributed by atoms with Gasteiger partial charge in [0.2, 0.25) is 20.0 Å². The van der Waals surface area contributed by atoms with Gasteiger partial charge in [0.15, 0.2) is 0 Å². The molecule has 21 heavy (non-hydrogen) atoms. The number of hydrogen-bond donors (Lipinski definition) is 3. The summed E-state index contributed by atoms with van der Waals surface area (Å²) in [6.07, 6.45) is 0.103. The molecule has 10 heteroatoms. The molecule has 1 aromatic carbocycles. The van der Waals surface area contributed by atoms with Crippen molar-refractivity contribution in [3.05, 3.63) is 17.2 Å². The van der Waals surface area contributed by atoms with E-state index in [9.17, 15) is 16.8 Å². The molecule has 2 rings (SSSR count). The number of sulfonamides is 2. The van der Waals surface area contributed by atoms with Crippen LogP contribution in [0.4, 0.5) is 5.69 Å². The minimum absolute atomic E-state index is 0.121. The van der Waals surface area contributed by atoms with Crippen LogP contribution in [-0.4, -0.2) is 23.0 Å². The summed E-state index contributed by atoms with van der Waals surface area (Å²) in [6, 6.07) is 2.23. The molecule has 1 atom stereocenters. The second kappa shape index (κ2) is 5.40. The SMILES string of the molecule is CC(C)C[C@@H]1Nc2cc(Cl)c(S(N)(=O)=O)cc2S(=O)(=O)N1. The van der Waals surface area contributed by atoms with E-state index in [1.807, 2.05) is 13.8 Å². The summed E-state index contributed by atoms with van der Waals surface area (Å²) < 4.78 is 49.7. The average molecular weight is 354 g/mol. The summed E-state index contributed by atoms with van der Waals surface area (Å²) in [5, 5.41) is 7.90. The van der Waals surface area contributed by atoms with Gasteiger partial charge in [0.25, 0.3) is 0 Å². The Bertz CT molecular complexity index is 775. The van der Waals surface area contributed by atoms with Gasteiger partial charge in [-0.15, -0.1) is 0 Å². The number of benzene rings is 1. The first-order chi connectivity index (χ1) is 9.50. The number of halogens is 1. The number of anilines is 1. The predicted molar refractivity (Wildman–Crippen MR) is 80.0 cm³/mol. The molecule has 1 heterocycles. The Morgan fingerprint density at radius 2 is 2.00 bits per heavy atom. The highest BCUT2D eigenvalue weighted by Gasteiger charge is 2.31. The van der Waals surface area contributed by atoms with Crippen LogP contribution in [-0.2, 0) is 20.0 Å². The van der Waals surface area contributed by atoms with Crippen molar-refractivity contribution in [2.75, 3.05) is 5.32 Å². The van der Waals surface area contributed by atoms with E-state index in [4.69, 9.17) is 16.7 Å². The van der Waals surface area contributed by atoms with Crippen molar-refractivity contribution in [1.82, 2.24) is 4.72 Å². The first kappa shape index (κ1) is 16.5. The van der Waals surface area contributed by atoms with Gasteiger partial charge >= 0.3 is 0 Å². The normalized spacial score (nSPS) is 20.9. The molecule has 0 saturated carbocycles. The maximum Gasteiger partial charge on any atom is 0.244 e. The average Bonchev–Trinajstić information content (AvgIpc) is 2.23. The van der Waals surface area contributed by atoms with E-state index >= 15 is 0 Å². The van der Waals surface area contributed by atoms with Crippen LogP contribution in [0.5, 0.6) is 0 Å². The molecular weight excluding hydrogens is 338 g/mol. The number of fused-ring (bicyclic) bond motifs is 1. The van der Waals surface area contributed by atoms with Crippen molar-refractivity contribution in [3.8, 4) is 0 Å². The van der Waals surface area contributed by atoms with Crippen molar-refractivity contribution in [1.29, 1.82) is 0 Å². The van der Waals surface area contributed by atoms with E-state index in [0.29, 0.717) is 6.42 Å². The van der Waals surface area contributed by atoms with Gasteiger partial charge < -0.3 is 5.32 Å². The molecule has 118 valence electrons. The van der Waals surface area contributed by atoms with E-state index in [1.165, 1.54) is 6.07 Å². The first-order valence-corrected chi connectivity index (χ1v) is 9.56. The van der Waals surface area contributed by atoms with E-state index in [0.717, 1.165) is 6.07 Å². The van der Waals surface area contributed by atoms with E-state index < -0.39 is 31.1 Å². The summed E-state index contributed by atoms with van der Waals surface area (Å²) >= 11 is 5.88. The molecular formula is C11H16ClN3O4S2. The lowest BCUT2D eigenvalue weighted by Crippen LogP contribution is -2.45. The van der Waals surface area contributed by atoms with Crippen molar-refractivity contribution in [2.45, 2.75) is 36.2 Å². The Balaban J connectivity index is 2.56. The number of nitrogens with one attached hydrogen (secondary N) is 2. The zero-order chi connectivity index (χ0) is 16.0. The molecule has 0 bridgehead atoms. The van der Waals surface area contributed by atoms with Gasteiger partial charge in [-0.05, 0) is 24.5 Å². The summed E-state index contributed by atoms with van der Waals surface area (Å²) in [7, 11) is -7.93. The van der Waals surface area contributed by atoms with Gasteiger partial charge in [0.05, 0.1) is 16.9 Å². The lowest BCUT2D eigenvalue weighted by atomic mass is 10.1. The maximum absolute atomic E-state index is 12.2. The van der Waals surface area contributed by atoms with Gasteiger partial charge in [-0.2, -0.15) is 4.72 Å². The third-order valence-electron chi connectivity index (χ3n) is 2.96. The molecule has 1 aliphatic rings. The summed E-state index contributed by atoms with van der Waals surface area (Å²) in [4.78, 5) is -0.603. The molecule has 0 aromatic heterocycles. The fourth-order valence-electron chi connectivity index (χ4n) is 2.13. The van der Waals surface area contributed by atoms with Gasteiger partial charge in [-0.25, -0.2) is 22.0 Å². The van der Waals surface area contributed by atoms with Crippen molar-refractivity contribution in [3.63, 3.8) is 0 Å². The third kappa shape index (κ3) is 3.49. The zero-order valence-electron chi connectivity index (χ0n) is 11.4. The fraction of sp³-hybridized carbons (Fsp3) is 0.455. The predicted octanol–water partition coefficient (Wildman–Crippen LogP) is 1.06. The number of primary sulfonamides is 1. The highest BCUT2D eigenvalue weighted by atomic mass is 35.5. The minimum Gasteiger partial charge on any atom is -0.368 e. The van der Waals surface area contributed by atoms with Crippen LogP contribution in [0, 0.1) is 5.92 Å². The van der Waals surface area contributed by atoms with Crippen LogP contribution in [0.3, 0.4) is 0 Å². The third-order valence-corrected chi connectivity index (χ3v) is 5.85. The molecule has 0 amide bonds. The van der Waals surface area contributed by atoms with E-state index in [2.05, 4.69) is 10.0 Å².